The number of carbonyl (C=O) groups is 1. The number of hydrogen-bond donors (Lipinski definition) is 5. The minimum Gasteiger partial charge on any atom is -0.350 e. The number of rotatable bonds is 5. The number of fused-ring (bicyclic) bond motifs is 2. The maximum Gasteiger partial charge on any atom is 0.273 e. The average molecular weight is 463 g/mol. The van der Waals surface area contributed by atoms with Crippen molar-refractivity contribution in [1.29, 1.82) is 0 Å². The number of amides is 1. The second kappa shape index (κ2) is 8.23. The molecule has 0 bridgehead atoms. The third kappa shape index (κ3) is 4.09. The SMILES string of the molecule is O=C(Nc1ccc(=O)[nH]n1)c1cc2ccc(-c3nccc(Nc4ccc5[nH]ncc5c4)n3)cc2[nH]1. The van der Waals surface area contributed by atoms with Crippen molar-refractivity contribution in [3.8, 4) is 11.4 Å². The van der Waals surface area contributed by atoms with Crippen LogP contribution in [0.4, 0.5) is 17.3 Å². The highest BCUT2D eigenvalue weighted by atomic mass is 16.2. The molecule has 170 valence electrons. The summed E-state index contributed by atoms with van der Waals surface area (Å²) in [5.74, 6) is 1.06. The molecule has 0 aliphatic heterocycles. The lowest BCUT2D eigenvalue weighted by Gasteiger charge is -2.07. The van der Waals surface area contributed by atoms with E-state index in [1.807, 2.05) is 36.4 Å². The van der Waals surface area contributed by atoms with Gasteiger partial charge in [-0.3, -0.25) is 14.7 Å². The van der Waals surface area contributed by atoms with Crippen LogP contribution in [0, 0.1) is 0 Å². The van der Waals surface area contributed by atoms with Gasteiger partial charge in [-0.25, -0.2) is 15.1 Å². The van der Waals surface area contributed by atoms with Crippen molar-refractivity contribution in [2.45, 2.75) is 0 Å². The zero-order valence-corrected chi connectivity index (χ0v) is 18.0. The highest BCUT2D eigenvalue weighted by Crippen LogP contribution is 2.25. The summed E-state index contributed by atoms with van der Waals surface area (Å²) in [7, 11) is 0. The first-order valence-corrected chi connectivity index (χ1v) is 10.6. The lowest BCUT2D eigenvalue weighted by Crippen LogP contribution is -2.15. The van der Waals surface area contributed by atoms with Gasteiger partial charge in [-0.1, -0.05) is 12.1 Å². The fraction of sp³-hybridized carbons (Fsp3) is 0. The first-order chi connectivity index (χ1) is 17.1. The molecule has 2 aromatic carbocycles. The molecule has 6 rings (SSSR count). The maximum absolute atomic E-state index is 12.6. The van der Waals surface area contributed by atoms with E-state index in [1.54, 1.807) is 24.5 Å². The van der Waals surface area contributed by atoms with E-state index in [2.05, 4.69) is 46.0 Å². The van der Waals surface area contributed by atoms with Crippen LogP contribution in [0.5, 0.6) is 0 Å². The summed E-state index contributed by atoms with van der Waals surface area (Å²) in [6.45, 7) is 0. The Morgan fingerprint density at radius 3 is 2.69 bits per heavy atom. The predicted octanol–water partition coefficient (Wildman–Crippen LogP) is 3.58. The molecule has 4 heterocycles. The molecule has 35 heavy (non-hydrogen) atoms. The largest absolute Gasteiger partial charge is 0.350 e. The van der Waals surface area contributed by atoms with Gasteiger partial charge in [0.25, 0.3) is 11.5 Å². The molecule has 0 aliphatic carbocycles. The minimum atomic E-state index is -0.376. The van der Waals surface area contributed by atoms with Crippen LogP contribution in [0.2, 0.25) is 0 Å². The van der Waals surface area contributed by atoms with Crippen molar-refractivity contribution < 1.29 is 4.79 Å². The van der Waals surface area contributed by atoms with Crippen LogP contribution in [0.25, 0.3) is 33.2 Å². The molecule has 6 aromatic rings. The first-order valence-electron chi connectivity index (χ1n) is 10.6. The van der Waals surface area contributed by atoms with E-state index < -0.39 is 0 Å². The van der Waals surface area contributed by atoms with Gasteiger partial charge >= 0.3 is 0 Å². The fourth-order valence-corrected chi connectivity index (χ4v) is 3.72. The van der Waals surface area contributed by atoms with Crippen molar-refractivity contribution >= 4 is 45.0 Å². The number of aromatic amines is 3. The van der Waals surface area contributed by atoms with E-state index in [0.29, 0.717) is 17.3 Å². The topological polar surface area (TPSA) is 157 Å². The Balaban J connectivity index is 1.24. The number of H-pyrrole nitrogens is 3. The van der Waals surface area contributed by atoms with Gasteiger partial charge in [0, 0.05) is 39.8 Å². The van der Waals surface area contributed by atoms with Crippen molar-refractivity contribution in [3.63, 3.8) is 0 Å². The number of benzene rings is 2. The molecule has 0 saturated heterocycles. The van der Waals surface area contributed by atoms with Crippen LogP contribution in [0.1, 0.15) is 10.5 Å². The Hall–Kier alpha value is -5.32. The lowest BCUT2D eigenvalue weighted by molar-refractivity contribution is 0.102. The average Bonchev–Trinajstić information content (AvgIpc) is 3.52. The summed E-state index contributed by atoms with van der Waals surface area (Å²) >= 11 is 0. The van der Waals surface area contributed by atoms with Crippen LogP contribution in [0.3, 0.4) is 0 Å². The summed E-state index contributed by atoms with van der Waals surface area (Å²) in [6.07, 6.45) is 3.46. The summed E-state index contributed by atoms with van der Waals surface area (Å²) in [6, 6.07) is 17.8. The Kier molecular flexibility index (Phi) is 4.77. The monoisotopic (exact) mass is 463 g/mol. The van der Waals surface area contributed by atoms with Gasteiger partial charge in [0.1, 0.15) is 11.5 Å². The quantitative estimate of drug-likeness (QED) is 0.261. The molecule has 0 unspecified atom stereocenters. The van der Waals surface area contributed by atoms with Gasteiger partial charge in [0.05, 0.1) is 11.7 Å². The number of anilines is 3. The van der Waals surface area contributed by atoms with Gasteiger partial charge in [-0.05, 0) is 42.5 Å². The van der Waals surface area contributed by atoms with Crippen LogP contribution >= 0.6 is 0 Å². The van der Waals surface area contributed by atoms with E-state index in [1.165, 1.54) is 12.1 Å². The van der Waals surface area contributed by atoms with Crippen molar-refractivity contribution in [2.24, 2.45) is 0 Å². The smallest absolute Gasteiger partial charge is 0.273 e. The lowest BCUT2D eigenvalue weighted by atomic mass is 10.1. The molecular formula is C24H17N9O2. The van der Waals surface area contributed by atoms with Crippen LogP contribution in [0.15, 0.2) is 77.9 Å². The summed E-state index contributed by atoms with van der Waals surface area (Å²) in [4.78, 5) is 35.9. The van der Waals surface area contributed by atoms with Crippen molar-refractivity contribution in [1.82, 2.24) is 35.3 Å². The zero-order chi connectivity index (χ0) is 23.8. The van der Waals surface area contributed by atoms with Crippen LogP contribution in [-0.4, -0.2) is 41.3 Å². The Morgan fingerprint density at radius 2 is 1.80 bits per heavy atom. The molecule has 0 fully saturated rings. The van der Waals surface area contributed by atoms with Gasteiger partial charge in [0.15, 0.2) is 11.6 Å². The highest BCUT2D eigenvalue weighted by molar-refractivity contribution is 6.05. The number of carbonyl (C=O) groups excluding carboxylic acids is 1. The van der Waals surface area contributed by atoms with E-state index in [-0.39, 0.29) is 17.3 Å². The number of aromatic nitrogens is 7. The van der Waals surface area contributed by atoms with Gasteiger partial charge in [-0.2, -0.15) is 10.2 Å². The first kappa shape index (κ1) is 20.3. The van der Waals surface area contributed by atoms with Gasteiger partial charge in [0.2, 0.25) is 0 Å². The molecule has 4 aromatic heterocycles. The van der Waals surface area contributed by atoms with E-state index in [9.17, 15) is 9.59 Å². The Labute approximate surface area is 196 Å². The number of nitrogens with zero attached hydrogens (tertiary/aromatic N) is 4. The normalized spacial score (nSPS) is 11.1. The second-order valence-corrected chi connectivity index (χ2v) is 7.81. The van der Waals surface area contributed by atoms with Crippen molar-refractivity contribution in [2.75, 3.05) is 10.6 Å². The second-order valence-electron chi connectivity index (χ2n) is 7.81. The van der Waals surface area contributed by atoms with E-state index in [0.717, 1.165) is 33.1 Å². The molecule has 0 radical (unpaired) electrons. The Bertz CT molecular complexity index is 1750. The fourth-order valence-electron chi connectivity index (χ4n) is 3.72. The van der Waals surface area contributed by atoms with E-state index in [4.69, 9.17) is 0 Å². The highest BCUT2D eigenvalue weighted by Gasteiger charge is 2.12. The molecule has 0 aliphatic rings. The molecule has 0 atom stereocenters. The summed E-state index contributed by atoms with van der Waals surface area (Å²) in [5.41, 5.74) is 3.41. The number of nitrogens with one attached hydrogen (secondary N) is 5. The molecule has 0 saturated carbocycles. The van der Waals surface area contributed by atoms with Crippen molar-refractivity contribution in [3.05, 3.63) is 89.1 Å². The summed E-state index contributed by atoms with van der Waals surface area (Å²) < 4.78 is 0. The minimum absolute atomic E-state index is 0.249. The zero-order valence-electron chi connectivity index (χ0n) is 18.0. The maximum atomic E-state index is 12.6. The van der Waals surface area contributed by atoms with Gasteiger partial charge in [-0.15, -0.1) is 0 Å². The molecule has 0 spiro atoms. The van der Waals surface area contributed by atoms with Crippen LogP contribution in [-0.2, 0) is 0 Å². The molecular weight excluding hydrogens is 446 g/mol. The third-order valence-electron chi connectivity index (χ3n) is 5.41. The Morgan fingerprint density at radius 1 is 0.857 bits per heavy atom. The third-order valence-corrected chi connectivity index (χ3v) is 5.41. The van der Waals surface area contributed by atoms with E-state index >= 15 is 0 Å². The number of hydrogen-bond acceptors (Lipinski definition) is 7. The molecule has 11 nitrogen and oxygen atoms in total. The summed E-state index contributed by atoms with van der Waals surface area (Å²) in [5, 5.41) is 20.8. The molecule has 5 N–H and O–H groups in total. The predicted molar refractivity (Wildman–Crippen MR) is 132 cm³/mol. The van der Waals surface area contributed by atoms with Crippen LogP contribution < -0.4 is 16.2 Å². The standard InChI is InChI=1S/C24H17N9O2/c34-22-6-5-21(32-33-22)30-24(35)19-10-13-1-2-14(11-18(13)28-19)23-25-8-7-20(29-23)27-16-3-4-17-15(9-16)12-26-31-17/h1-12,28H,(H,26,31)(H,33,34)(H,25,27,29)(H,30,32,35). The molecule has 1 amide bonds. The molecule has 11 heteroatoms. The van der Waals surface area contributed by atoms with Gasteiger partial charge < -0.3 is 15.6 Å².